The van der Waals surface area contributed by atoms with Crippen molar-refractivity contribution in [2.75, 3.05) is 26.2 Å². The van der Waals surface area contributed by atoms with Crippen LogP contribution >= 0.6 is 0 Å². The summed E-state index contributed by atoms with van der Waals surface area (Å²) >= 11 is 0. The van der Waals surface area contributed by atoms with Gasteiger partial charge in [0.05, 0.1) is 6.54 Å². The molecule has 0 aliphatic carbocycles. The van der Waals surface area contributed by atoms with Gasteiger partial charge in [-0.3, -0.25) is 4.90 Å². The molecule has 1 aromatic heterocycles. The number of nitrogens with zero attached hydrogens (tertiary/aromatic N) is 4. The molecule has 130 valence electrons. The highest BCUT2D eigenvalue weighted by atomic mass is 19.4. The summed E-state index contributed by atoms with van der Waals surface area (Å²) in [6, 6.07) is 0. The second-order valence-electron chi connectivity index (χ2n) is 6.26. The van der Waals surface area contributed by atoms with Gasteiger partial charge in [0.1, 0.15) is 5.60 Å². The summed E-state index contributed by atoms with van der Waals surface area (Å²) in [7, 11) is 0. The number of alkyl halides is 3. The van der Waals surface area contributed by atoms with Crippen molar-refractivity contribution in [1.82, 2.24) is 19.9 Å². The quantitative estimate of drug-likeness (QED) is 0.824. The summed E-state index contributed by atoms with van der Waals surface area (Å²) in [6.07, 6.45) is -5.03. The third-order valence-electron chi connectivity index (χ3n) is 3.10. The molecule has 0 aromatic carbocycles. The topological polar surface area (TPSA) is 71.7 Å². The molecule has 1 amide bonds. The van der Waals surface area contributed by atoms with Crippen LogP contribution in [0.4, 0.5) is 18.0 Å². The molecule has 1 fully saturated rings. The minimum atomic E-state index is -4.64. The Morgan fingerprint density at radius 1 is 1.22 bits per heavy atom. The van der Waals surface area contributed by atoms with Crippen molar-refractivity contribution < 1.29 is 27.2 Å². The van der Waals surface area contributed by atoms with Gasteiger partial charge in [0.25, 0.3) is 0 Å². The van der Waals surface area contributed by atoms with Crippen LogP contribution in [0.15, 0.2) is 4.52 Å². The average molecular weight is 336 g/mol. The Balaban J connectivity index is 1.83. The molecule has 1 aliphatic heterocycles. The Morgan fingerprint density at radius 3 is 2.30 bits per heavy atom. The number of carbonyl (C=O) groups is 1. The normalized spacial score (nSPS) is 17.4. The van der Waals surface area contributed by atoms with Crippen LogP contribution in [0.5, 0.6) is 0 Å². The fraction of sp³-hybridized carbons (Fsp3) is 0.769. The number of hydrogen-bond acceptors (Lipinski definition) is 6. The molecule has 10 heteroatoms. The highest BCUT2D eigenvalue weighted by Crippen LogP contribution is 2.27. The lowest BCUT2D eigenvalue weighted by Crippen LogP contribution is -2.49. The molecule has 0 saturated carbocycles. The average Bonchev–Trinajstić information content (AvgIpc) is 2.86. The summed E-state index contributed by atoms with van der Waals surface area (Å²) in [5.74, 6) is -1.37. The maximum atomic E-state index is 12.4. The second kappa shape index (κ2) is 6.34. The van der Waals surface area contributed by atoms with E-state index in [1.807, 2.05) is 4.90 Å². The number of aromatic nitrogens is 2. The third kappa shape index (κ3) is 5.08. The van der Waals surface area contributed by atoms with E-state index in [1.54, 1.807) is 25.7 Å². The highest BCUT2D eigenvalue weighted by molar-refractivity contribution is 5.68. The van der Waals surface area contributed by atoms with Gasteiger partial charge in [0, 0.05) is 26.2 Å². The van der Waals surface area contributed by atoms with E-state index in [0.717, 1.165) is 0 Å². The number of carbonyl (C=O) groups excluding carboxylic acids is 1. The highest BCUT2D eigenvalue weighted by Gasteiger charge is 2.38. The fourth-order valence-corrected chi connectivity index (χ4v) is 2.05. The minimum Gasteiger partial charge on any atom is -0.444 e. The van der Waals surface area contributed by atoms with E-state index >= 15 is 0 Å². The Kier molecular flexibility index (Phi) is 4.83. The second-order valence-corrected chi connectivity index (χ2v) is 6.26. The summed E-state index contributed by atoms with van der Waals surface area (Å²) in [4.78, 5) is 18.7. The zero-order valence-corrected chi connectivity index (χ0v) is 13.2. The van der Waals surface area contributed by atoms with Gasteiger partial charge in [-0.2, -0.15) is 18.2 Å². The predicted molar refractivity (Wildman–Crippen MR) is 72.4 cm³/mol. The van der Waals surface area contributed by atoms with Crippen molar-refractivity contribution in [3.8, 4) is 0 Å². The zero-order valence-electron chi connectivity index (χ0n) is 13.2. The molecule has 2 heterocycles. The van der Waals surface area contributed by atoms with Crippen LogP contribution in [-0.2, 0) is 17.5 Å². The number of piperazine rings is 1. The number of halogens is 3. The molecule has 0 spiro atoms. The van der Waals surface area contributed by atoms with Gasteiger partial charge in [0.2, 0.25) is 0 Å². The number of amides is 1. The van der Waals surface area contributed by atoms with E-state index in [4.69, 9.17) is 4.74 Å². The van der Waals surface area contributed by atoms with Crippen molar-refractivity contribution >= 4 is 6.09 Å². The summed E-state index contributed by atoms with van der Waals surface area (Å²) in [5, 5.41) is 3.33. The van der Waals surface area contributed by atoms with Crippen LogP contribution in [0.3, 0.4) is 0 Å². The van der Waals surface area contributed by atoms with Gasteiger partial charge < -0.3 is 14.2 Å². The minimum absolute atomic E-state index is 0.0250. The van der Waals surface area contributed by atoms with Crippen LogP contribution in [0.25, 0.3) is 0 Å². The van der Waals surface area contributed by atoms with Gasteiger partial charge in [-0.05, 0) is 20.8 Å². The first-order chi connectivity index (χ1) is 10.5. The van der Waals surface area contributed by atoms with E-state index in [1.165, 1.54) is 0 Å². The van der Waals surface area contributed by atoms with Gasteiger partial charge in [0.15, 0.2) is 5.82 Å². The lowest BCUT2D eigenvalue weighted by Gasteiger charge is -2.35. The van der Waals surface area contributed by atoms with Crippen LogP contribution in [0.2, 0.25) is 0 Å². The number of ether oxygens (including phenoxy) is 1. The maximum absolute atomic E-state index is 12.4. The number of rotatable bonds is 2. The summed E-state index contributed by atoms with van der Waals surface area (Å²) in [6.45, 7) is 7.35. The van der Waals surface area contributed by atoms with E-state index in [2.05, 4.69) is 14.7 Å². The molecule has 23 heavy (non-hydrogen) atoms. The lowest BCUT2D eigenvalue weighted by molar-refractivity contribution is -0.159. The first-order valence-corrected chi connectivity index (χ1v) is 7.15. The van der Waals surface area contributed by atoms with Crippen LogP contribution in [-0.4, -0.2) is 57.8 Å². The molecule has 0 atom stereocenters. The summed E-state index contributed by atoms with van der Waals surface area (Å²) in [5.41, 5.74) is -0.563. The van der Waals surface area contributed by atoms with Crippen molar-refractivity contribution in [3.63, 3.8) is 0 Å². The van der Waals surface area contributed by atoms with Gasteiger partial charge in [-0.1, -0.05) is 5.16 Å². The largest absolute Gasteiger partial charge is 0.471 e. The standard InChI is InChI=1S/C13H19F3N4O3/c1-12(2,3)22-11(21)20-6-4-19(5-7-20)8-9-17-10(23-18-9)13(14,15)16/h4-8H2,1-3H3. The van der Waals surface area contributed by atoms with E-state index in [0.29, 0.717) is 26.2 Å². The lowest BCUT2D eigenvalue weighted by atomic mass is 10.2. The van der Waals surface area contributed by atoms with Crippen molar-refractivity contribution in [1.29, 1.82) is 0 Å². The molecule has 1 aromatic rings. The SMILES string of the molecule is CC(C)(C)OC(=O)N1CCN(Cc2noc(C(F)(F)F)n2)CC1. The van der Waals surface area contributed by atoms with Crippen LogP contribution in [0.1, 0.15) is 32.5 Å². The third-order valence-corrected chi connectivity index (χ3v) is 3.10. The smallest absolute Gasteiger partial charge is 0.444 e. The molecule has 1 saturated heterocycles. The van der Waals surface area contributed by atoms with E-state index in [9.17, 15) is 18.0 Å². The van der Waals surface area contributed by atoms with Crippen molar-refractivity contribution in [2.45, 2.75) is 39.1 Å². The molecule has 0 unspecified atom stereocenters. The zero-order chi connectivity index (χ0) is 17.3. The van der Waals surface area contributed by atoms with Gasteiger partial charge in [-0.15, -0.1) is 0 Å². The van der Waals surface area contributed by atoms with Crippen LogP contribution in [0, 0.1) is 0 Å². The summed E-state index contributed by atoms with van der Waals surface area (Å²) < 4.78 is 46.6. The van der Waals surface area contributed by atoms with E-state index < -0.39 is 23.8 Å². The Morgan fingerprint density at radius 2 is 1.83 bits per heavy atom. The molecular weight excluding hydrogens is 317 g/mol. The molecule has 2 rings (SSSR count). The first kappa shape index (κ1) is 17.5. The first-order valence-electron chi connectivity index (χ1n) is 7.15. The van der Waals surface area contributed by atoms with Crippen molar-refractivity contribution in [2.24, 2.45) is 0 Å². The monoisotopic (exact) mass is 336 g/mol. The Bertz CT molecular complexity index is 545. The fourth-order valence-electron chi connectivity index (χ4n) is 2.05. The molecule has 0 bridgehead atoms. The Hall–Kier alpha value is -1.84. The maximum Gasteiger partial charge on any atom is 0.471 e. The molecule has 0 radical (unpaired) electrons. The van der Waals surface area contributed by atoms with Gasteiger partial charge >= 0.3 is 18.2 Å². The Labute approximate surface area is 131 Å². The van der Waals surface area contributed by atoms with Crippen LogP contribution < -0.4 is 0 Å². The molecule has 0 N–H and O–H groups in total. The predicted octanol–water partition coefficient (Wildman–Crippen LogP) is 2.14. The molecule has 7 nitrogen and oxygen atoms in total. The van der Waals surface area contributed by atoms with Crippen molar-refractivity contribution in [3.05, 3.63) is 11.7 Å². The molecular formula is C13H19F3N4O3. The van der Waals surface area contributed by atoms with E-state index in [-0.39, 0.29) is 12.4 Å². The number of hydrogen-bond donors (Lipinski definition) is 0. The molecule has 1 aliphatic rings. The van der Waals surface area contributed by atoms with Gasteiger partial charge in [-0.25, -0.2) is 4.79 Å².